The molecular weight excluding hydrogens is 216 g/mol. The second kappa shape index (κ2) is 8.99. The van der Waals surface area contributed by atoms with E-state index in [4.69, 9.17) is 0 Å². The van der Waals surface area contributed by atoms with Gasteiger partial charge in [-0.3, -0.25) is 0 Å². The van der Waals surface area contributed by atoms with E-state index < -0.39 is 0 Å². The fourth-order valence-corrected chi connectivity index (χ4v) is 4.40. The summed E-state index contributed by atoms with van der Waals surface area (Å²) in [5.74, 6) is 4.33. The summed E-state index contributed by atoms with van der Waals surface area (Å²) in [4.78, 5) is 0. The van der Waals surface area contributed by atoms with Crippen molar-refractivity contribution in [3.8, 4) is 0 Å². The summed E-state index contributed by atoms with van der Waals surface area (Å²) in [5, 5.41) is 0. The molecule has 0 radical (unpaired) electrons. The largest absolute Gasteiger partial charge is 0.0683 e. The second-order valence-electron chi connectivity index (χ2n) is 6.23. The van der Waals surface area contributed by atoms with Gasteiger partial charge in [0.1, 0.15) is 0 Å². The summed E-state index contributed by atoms with van der Waals surface area (Å²) in [5.41, 5.74) is 0. The first-order valence-electron chi connectivity index (χ1n) is 8.86. The summed E-state index contributed by atoms with van der Waals surface area (Å²) in [6.07, 6.45) is 15.1. The lowest BCUT2D eigenvalue weighted by Gasteiger charge is -2.42. The van der Waals surface area contributed by atoms with Gasteiger partial charge in [0.15, 0.2) is 0 Å². The molecule has 0 heteroatoms. The van der Waals surface area contributed by atoms with Gasteiger partial charge >= 0.3 is 0 Å². The van der Waals surface area contributed by atoms with Crippen LogP contribution in [-0.4, -0.2) is 0 Å². The van der Waals surface area contributed by atoms with Crippen LogP contribution in [0.3, 0.4) is 0 Å². The van der Waals surface area contributed by atoms with Crippen molar-refractivity contribution in [2.24, 2.45) is 23.7 Å². The van der Waals surface area contributed by atoms with Gasteiger partial charge in [-0.15, -0.1) is 0 Å². The molecule has 2 aliphatic rings. The van der Waals surface area contributed by atoms with Crippen molar-refractivity contribution in [2.75, 3.05) is 0 Å². The second-order valence-corrected chi connectivity index (χ2v) is 6.23. The topological polar surface area (TPSA) is 0 Å². The summed E-state index contributed by atoms with van der Waals surface area (Å²) < 4.78 is 0. The smallest absolute Gasteiger partial charge is 0.0357 e. The summed E-state index contributed by atoms with van der Waals surface area (Å²) in [7, 11) is 0. The van der Waals surface area contributed by atoms with Gasteiger partial charge in [-0.25, -0.2) is 0 Å². The zero-order valence-corrected chi connectivity index (χ0v) is 13.4. The fourth-order valence-electron chi connectivity index (χ4n) is 4.40. The van der Waals surface area contributed by atoms with Crippen LogP contribution in [-0.2, 0) is 0 Å². The van der Waals surface area contributed by atoms with E-state index in [2.05, 4.69) is 13.8 Å². The third kappa shape index (κ3) is 4.00. The molecule has 0 aliphatic heterocycles. The molecule has 2 saturated carbocycles. The first-order valence-corrected chi connectivity index (χ1v) is 8.86. The molecule has 0 aromatic rings. The molecule has 18 heavy (non-hydrogen) atoms. The maximum Gasteiger partial charge on any atom is -0.0357 e. The summed E-state index contributed by atoms with van der Waals surface area (Å²) >= 11 is 0. The highest BCUT2D eigenvalue weighted by Gasteiger charge is 2.35. The zero-order valence-electron chi connectivity index (χ0n) is 13.4. The molecule has 0 heterocycles. The lowest BCUT2D eigenvalue weighted by molar-refractivity contribution is 0.0803. The van der Waals surface area contributed by atoms with E-state index in [1.165, 1.54) is 38.5 Å². The number of hydrogen-bond donors (Lipinski definition) is 0. The van der Waals surface area contributed by atoms with Crippen LogP contribution in [0.15, 0.2) is 0 Å². The van der Waals surface area contributed by atoms with Gasteiger partial charge in [0.2, 0.25) is 0 Å². The first kappa shape index (κ1) is 16.1. The summed E-state index contributed by atoms with van der Waals surface area (Å²) in [6.45, 7) is 8.88. The Bertz CT molecular complexity index is 186. The molecule has 0 amide bonds. The number of hydrogen-bond acceptors (Lipinski definition) is 0. The predicted octanol–water partition coefficient (Wildman–Crippen LogP) is 6.45. The molecule has 0 nitrogen and oxygen atoms in total. The van der Waals surface area contributed by atoms with Crippen molar-refractivity contribution in [1.82, 2.24) is 0 Å². The van der Waals surface area contributed by atoms with Gasteiger partial charge in [0.05, 0.1) is 0 Å². The molecule has 0 saturated heterocycles. The monoisotopic (exact) mass is 252 g/mol. The van der Waals surface area contributed by atoms with Crippen LogP contribution in [0.25, 0.3) is 0 Å². The van der Waals surface area contributed by atoms with Crippen LogP contribution in [0.5, 0.6) is 0 Å². The van der Waals surface area contributed by atoms with Gasteiger partial charge in [-0.1, -0.05) is 91.9 Å². The molecule has 2 aliphatic carbocycles. The summed E-state index contributed by atoms with van der Waals surface area (Å²) in [6, 6.07) is 0. The standard InChI is InChI=1S/C16H30.C2H6/c1-3-15(13-9-6-5-7-10-13)16(4-2)14-11-8-12-14;1-2/h13-16H,3-12H2,1-2H3;1-2H3. The molecule has 0 spiro atoms. The first-order chi connectivity index (χ1) is 8.86. The normalized spacial score (nSPS) is 24.7. The Morgan fingerprint density at radius 1 is 0.667 bits per heavy atom. The van der Waals surface area contributed by atoms with Gasteiger partial charge in [0, 0.05) is 0 Å². The molecule has 2 unspecified atom stereocenters. The molecule has 108 valence electrons. The third-order valence-electron chi connectivity index (χ3n) is 5.50. The quantitative estimate of drug-likeness (QED) is 0.528. The molecule has 0 aromatic heterocycles. The molecule has 0 bridgehead atoms. The minimum Gasteiger partial charge on any atom is -0.0683 e. The average Bonchev–Trinajstić information content (AvgIpc) is 2.40. The molecule has 2 atom stereocenters. The molecule has 0 aromatic carbocycles. The maximum absolute atomic E-state index is 2.45. The van der Waals surface area contributed by atoms with Crippen LogP contribution in [0, 0.1) is 23.7 Å². The third-order valence-corrected chi connectivity index (χ3v) is 5.50. The van der Waals surface area contributed by atoms with Crippen molar-refractivity contribution >= 4 is 0 Å². The van der Waals surface area contributed by atoms with E-state index in [1.807, 2.05) is 13.8 Å². The zero-order chi connectivity index (χ0) is 13.4. The molecule has 2 fully saturated rings. The highest BCUT2D eigenvalue weighted by molar-refractivity contribution is 4.85. The van der Waals surface area contributed by atoms with Crippen molar-refractivity contribution in [1.29, 1.82) is 0 Å². The van der Waals surface area contributed by atoms with Crippen LogP contribution < -0.4 is 0 Å². The van der Waals surface area contributed by atoms with Crippen LogP contribution >= 0.6 is 0 Å². The molecule has 0 N–H and O–H groups in total. The van der Waals surface area contributed by atoms with Crippen molar-refractivity contribution < 1.29 is 0 Å². The molecular formula is C18H36. The predicted molar refractivity (Wildman–Crippen MR) is 82.8 cm³/mol. The van der Waals surface area contributed by atoms with Crippen molar-refractivity contribution in [3.63, 3.8) is 0 Å². The van der Waals surface area contributed by atoms with E-state index in [1.54, 1.807) is 25.7 Å². The Hall–Kier alpha value is 0. The minimum atomic E-state index is 1.07. The average molecular weight is 252 g/mol. The number of rotatable bonds is 5. The Balaban J connectivity index is 0.000000771. The molecule has 2 rings (SSSR count). The van der Waals surface area contributed by atoms with Gasteiger partial charge in [-0.2, -0.15) is 0 Å². The van der Waals surface area contributed by atoms with E-state index >= 15 is 0 Å². The van der Waals surface area contributed by atoms with Gasteiger partial charge in [-0.05, 0) is 23.7 Å². The van der Waals surface area contributed by atoms with Crippen molar-refractivity contribution in [2.45, 2.75) is 91.9 Å². The minimum absolute atomic E-state index is 1.07. The Labute approximate surface area is 116 Å². The van der Waals surface area contributed by atoms with Gasteiger partial charge in [0.25, 0.3) is 0 Å². The lowest BCUT2D eigenvalue weighted by Crippen LogP contribution is -2.33. The van der Waals surface area contributed by atoms with Crippen molar-refractivity contribution in [3.05, 3.63) is 0 Å². The van der Waals surface area contributed by atoms with Crippen LogP contribution in [0.2, 0.25) is 0 Å². The van der Waals surface area contributed by atoms with Crippen LogP contribution in [0.1, 0.15) is 91.9 Å². The van der Waals surface area contributed by atoms with Crippen LogP contribution in [0.4, 0.5) is 0 Å². The highest BCUT2D eigenvalue weighted by atomic mass is 14.4. The van der Waals surface area contributed by atoms with E-state index in [-0.39, 0.29) is 0 Å². The SMILES string of the molecule is CC.CCC(C1CCCCC1)C(CC)C1CCC1. The Morgan fingerprint density at radius 3 is 1.33 bits per heavy atom. The van der Waals surface area contributed by atoms with E-state index in [9.17, 15) is 0 Å². The maximum atomic E-state index is 2.45. The Morgan fingerprint density at radius 2 is 1.06 bits per heavy atom. The Kier molecular flexibility index (Phi) is 8.02. The van der Waals surface area contributed by atoms with E-state index in [0.29, 0.717) is 0 Å². The van der Waals surface area contributed by atoms with E-state index in [0.717, 1.165) is 23.7 Å². The fraction of sp³-hybridized carbons (Fsp3) is 1.00. The lowest BCUT2D eigenvalue weighted by atomic mass is 9.63. The highest BCUT2D eigenvalue weighted by Crippen LogP contribution is 2.45. The van der Waals surface area contributed by atoms with Gasteiger partial charge < -0.3 is 0 Å².